The summed E-state index contributed by atoms with van der Waals surface area (Å²) >= 11 is 0. The highest BCUT2D eigenvalue weighted by molar-refractivity contribution is 6.46. The topological polar surface area (TPSA) is 112 Å². The van der Waals surface area contributed by atoms with E-state index < -0.39 is 23.7 Å². The van der Waals surface area contributed by atoms with Crippen LogP contribution in [0, 0.1) is 13.8 Å². The molecule has 1 aliphatic rings. The van der Waals surface area contributed by atoms with Gasteiger partial charge in [0.05, 0.1) is 24.8 Å². The van der Waals surface area contributed by atoms with Crippen LogP contribution < -0.4 is 4.74 Å². The minimum absolute atomic E-state index is 0.00525. The predicted molar refractivity (Wildman–Crippen MR) is 150 cm³/mol. The smallest absolute Gasteiger partial charge is 0.355 e. The number of esters is 1. The van der Waals surface area contributed by atoms with E-state index in [0.29, 0.717) is 47.7 Å². The number of likely N-dealkylation sites (tertiary alicyclic amines) is 1. The lowest BCUT2D eigenvalue weighted by Crippen LogP contribution is -2.33. The van der Waals surface area contributed by atoms with E-state index in [1.807, 2.05) is 31.2 Å². The molecule has 0 spiro atoms. The number of aromatic nitrogens is 1. The van der Waals surface area contributed by atoms with Crippen molar-refractivity contribution in [3.05, 3.63) is 57.9 Å². The summed E-state index contributed by atoms with van der Waals surface area (Å²) < 4.78 is 10.9. The number of aromatic amines is 1. The van der Waals surface area contributed by atoms with Crippen molar-refractivity contribution in [1.82, 2.24) is 14.8 Å². The van der Waals surface area contributed by atoms with Crippen molar-refractivity contribution >= 4 is 23.4 Å². The number of H-pyrrole nitrogens is 1. The Kier molecular flexibility index (Phi) is 10.3. The van der Waals surface area contributed by atoms with Gasteiger partial charge in [0.1, 0.15) is 17.2 Å². The van der Waals surface area contributed by atoms with E-state index >= 15 is 0 Å². The number of aliphatic hydroxyl groups excluding tert-OH is 1. The SMILES string of the molecule is CCCOc1ccc(C2C(=C(O)c3c(C)[nH]c(C(=O)OCC)c3C)C(=O)C(=O)N2CCCN(CC)CC)cc1. The van der Waals surface area contributed by atoms with E-state index in [1.54, 1.807) is 25.7 Å². The zero-order valence-electron chi connectivity index (χ0n) is 23.9. The monoisotopic (exact) mass is 539 g/mol. The molecular formula is C30H41N3O6. The maximum atomic E-state index is 13.5. The molecule has 2 heterocycles. The molecule has 1 fully saturated rings. The van der Waals surface area contributed by atoms with E-state index in [4.69, 9.17) is 9.47 Å². The highest BCUT2D eigenvalue weighted by atomic mass is 16.5. The maximum absolute atomic E-state index is 13.5. The number of benzene rings is 1. The molecule has 3 rings (SSSR count). The van der Waals surface area contributed by atoms with Gasteiger partial charge in [-0.2, -0.15) is 0 Å². The normalized spacial score (nSPS) is 16.8. The first-order valence-electron chi connectivity index (χ1n) is 13.8. The molecular weight excluding hydrogens is 498 g/mol. The molecule has 0 radical (unpaired) electrons. The number of nitrogens with zero attached hydrogens (tertiary/aromatic N) is 2. The minimum Gasteiger partial charge on any atom is -0.507 e. The van der Waals surface area contributed by atoms with Crippen LogP contribution in [-0.4, -0.2) is 76.9 Å². The largest absolute Gasteiger partial charge is 0.507 e. The van der Waals surface area contributed by atoms with Crippen molar-refractivity contribution in [2.24, 2.45) is 0 Å². The second-order valence-corrected chi connectivity index (χ2v) is 9.64. The van der Waals surface area contributed by atoms with E-state index in [1.165, 1.54) is 0 Å². The molecule has 0 aliphatic carbocycles. The Morgan fingerprint density at radius 2 is 1.74 bits per heavy atom. The van der Waals surface area contributed by atoms with Gasteiger partial charge in [-0.25, -0.2) is 4.79 Å². The Morgan fingerprint density at radius 3 is 2.33 bits per heavy atom. The molecule has 1 aromatic carbocycles. The lowest BCUT2D eigenvalue weighted by atomic mass is 9.94. The Bertz CT molecular complexity index is 1210. The molecule has 212 valence electrons. The molecule has 39 heavy (non-hydrogen) atoms. The second-order valence-electron chi connectivity index (χ2n) is 9.64. The van der Waals surface area contributed by atoms with Crippen molar-refractivity contribution in [3.63, 3.8) is 0 Å². The van der Waals surface area contributed by atoms with Gasteiger partial charge in [0, 0.05) is 17.8 Å². The number of carbonyl (C=O) groups excluding carboxylic acids is 3. The summed E-state index contributed by atoms with van der Waals surface area (Å²) in [5, 5.41) is 11.6. The van der Waals surface area contributed by atoms with Gasteiger partial charge >= 0.3 is 5.97 Å². The van der Waals surface area contributed by atoms with Crippen molar-refractivity contribution < 1.29 is 29.0 Å². The fraction of sp³-hybridized carbons (Fsp3) is 0.500. The van der Waals surface area contributed by atoms with Crippen molar-refractivity contribution in [2.75, 3.05) is 39.4 Å². The fourth-order valence-electron chi connectivity index (χ4n) is 5.08. The van der Waals surface area contributed by atoms with Crippen LogP contribution in [0.2, 0.25) is 0 Å². The summed E-state index contributed by atoms with van der Waals surface area (Å²) in [4.78, 5) is 46.0. The number of nitrogens with one attached hydrogen (secondary N) is 1. The predicted octanol–water partition coefficient (Wildman–Crippen LogP) is 4.75. The molecule has 9 nitrogen and oxygen atoms in total. The van der Waals surface area contributed by atoms with Crippen molar-refractivity contribution in [1.29, 1.82) is 0 Å². The summed E-state index contributed by atoms with van der Waals surface area (Å²) in [6.07, 6.45) is 1.55. The first-order valence-corrected chi connectivity index (χ1v) is 13.8. The van der Waals surface area contributed by atoms with Crippen LogP contribution in [0.25, 0.3) is 5.76 Å². The molecule has 0 bridgehead atoms. The van der Waals surface area contributed by atoms with Gasteiger partial charge < -0.3 is 29.4 Å². The van der Waals surface area contributed by atoms with Crippen LogP contribution in [-0.2, 0) is 14.3 Å². The van der Waals surface area contributed by atoms with Gasteiger partial charge in [-0.3, -0.25) is 9.59 Å². The number of Topliss-reactive ketones (excluding diaryl/α,β-unsaturated/α-hetero) is 1. The van der Waals surface area contributed by atoms with Crippen molar-refractivity contribution in [3.8, 4) is 5.75 Å². The number of ketones is 1. The van der Waals surface area contributed by atoms with Gasteiger partial charge in [0.15, 0.2) is 0 Å². The lowest BCUT2D eigenvalue weighted by Gasteiger charge is -2.27. The van der Waals surface area contributed by atoms with Crippen molar-refractivity contribution in [2.45, 2.75) is 60.4 Å². The van der Waals surface area contributed by atoms with Gasteiger partial charge in [0.2, 0.25) is 0 Å². The number of hydrogen-bond donors (Lipinski definition) is 2. The van der Waals surface area contributed by atoms with Crippen LogP contribution in [0.3, 0.4) is 0 Å². The second kappa shape index (κ2) is 13.5. The van der Waals surface area contributed by atoms with Crippen LogP contribution >= 0.6 is 0 Å². The molecule has 1 saturated heterocycles. The number of rotatable bonds is 13. The molecule has 1 aromatic heterocycles. The van der Waals surface area contributed by atoms with E-state index in [9.17, 15) is 19.5 Å². The summed E-state index contributed by atoms with van der Waals surface area (Å²) in [5.41, 5.74) is 2.19. The van der Waals surface area contributed by atoms with Crippen LogP contribution in [0.1, 0.15) is 79.5 Å². The van der Waals surface area contributed by atoms with E-state index in [0.717, 1.165) is 26.1 Å². The van der Waals surface area contributed by atoms with Crippen LogP contribution in [0.4, 0.5) is 0 Å². The average Bonchev–Trinajstić information content (AvgIpc) is 3.37. The molecule has 1 atom stereocenters. The first kappa shape index (κ1) is 30.0. The summed E-state index contributed by atoms with van der Waals surface area (Å²) in [6, 6.07) is 6.50. The highest BCUT2D eigenvalue weighted by Gasteiger charge is 2.46. The van der Waals surface area contributed by atoms with Crippen LogP contribution in [0.15, 0.2) is 29.8 Å². The number of hydrogen-bond acceptors (Lipinski definition) is 7. The first-order chi connectivity index (χ1) is 18.7. The number of aryl methyl sites for hydroxylation is 1. The fourth-order valence-corrected chi connectivity index (χ4v) is 5.08. The Hall–Kier alpha value is -3.59. The number of amides is 1. The Balaban J connectivity index is 2.09. The van der Waals surface area contributed by atoms with Gasteiger partial charge in [-0.05, 0) is 76.5 Å². The molecule has 0 saturated carbocycles. The van der Waals surface area contributed by atoms with Gasteiger partial charge in [0.25, 0.3) is 11.7 Å². The average molecular weight is 540 g/mol. The minimum atomic E-state index is -0.776. The standard InChI is InChI=1S/C30H41N3O6/c1-7-18-39-22-14-12-21(13-15-22)26-24(28(35)29(36)33(26)17-11-16-32(8-2)9-3)27(34)23-19(5)25(31-20(23)6)30(37)38-10-4/h12-15,26,31,34H,7-11,16-18H2,1-6H3. The Labute approximate surface area is 230 Å². The van der Waals surface area contributed by atoms with E-state index in [-0.39, 0.29) is 23.6 Å². The number of ether oxygens (including phenoxy) is 2. The zero-order valence-corrected chi connectivity index (χ0v) is 23.9. The molecule has 2 aromatic rings. The number of aliphatic hydroxyl groups is 1. The highest BCUT2D eigenvalue weighted by Crippen LogP contribution is 2.41. The quantitative estimate of drug-likeness (QED) is 0.163. The maximum Gasteiger partial charge on any atom is 0.355 e. The molecule has 1 unspecified atom stereocenters. The molecule has 1 aliphatic heterocycles. The molecule has 9 heteroatoms. The van der Waals surface area contributed by atoms with E-state index in [2.05, 4.69) is 23.7 Å². The third-order valence-electron chi connectivity index (χ3n) is 7.13. The summed E-state index contributed by atoms with van der Waals surface area (Å²) in [5.74, 6) is -1.56. The summed E-state index contributed by atoms with van der Waals surface area (Å²) in [6.45, 7) is 15.0. The Morgan fingerprint density at radius 1 is 1.08 bits per heavy atom. The third kappa shape index (κ3) is 6.36. The zero-order chi connectivity index (χ0) is 28.7. The van der Waals surface area contributed by atoms with Gasteiger partial charge in [-0.1, -0.05) is 32.9 Å². The van der Waals surface area contributed by atoms with Gasteiger partial charge in [-0.15, -0.1) is 0 Å². The number of carbonyl (C=O) groups is 3. The van der Waals surface area contributed by atoms with Crippen LogP contribution in [0.5, 0.6) is 5.75 Å². The lowest BCUT2D eigenvalue weighted by molar-refractivity contribution is -0.140. The molecule has 2 N–H and O–H groups in total. The third-order valence-corrected chi connectivity index (χ3v) is 7.13. The molecule has 1 amide bonds. The summed E-state index contributed by atoms with van der Waals surface area (Å²) in [7, 11) is 0.